The van der Waals surface area contributed by atoms with Crippen molar-refractivity contribution in [3.63, 3.8) is 0 Å². The summed E-state index contributed by atoms with van der Waals surface area (Å²) in [5.41, 5.74) is 2.22. The molecule has 0 aliphatic carbocycles. The lowest BCUT2D eigenvalue weighted by atomic mass is 9.98. The second kappa shape index (κ2) is 11.3. The largest absolute Gasteiger partial charge is 0.487 e. The lowest BCUT2D eigenvalue weighted by molar-refractivity contribution is 0.0958. The van der Waals surface area contributed by atoms with Crippen molar-refractivity contribution in [3.8, 4) is 17.2 Å². The Kier molecular flexibility index (Phi) is 7.67. The van der Waals surface area contributed by atoms with E-state index in [4.69, 9.17) is 25.5 Å². The molecule has 2 aromatic carbocycles. The minimum Gasteiger partial charge on any atom is -0.487 e. The molecule has 0 radical (unpaired) electrons. The van der Waals surface area contributed by atoms with Crippen molar-refractivity contribution in [2.75, 3.05) is 18.9 Å². The Bertz CT molecular complexity index is 1430. The quantitative estimate of drug-likeness (QED) is 0.242. The minimum absolute atomic E-state index is 0.0147. The third-order valence-electron chi connectivity index (χ3n) is 6.38. The SMILES string of the molecule is CNC(=O)c1cc(Oc2ccc3oc(Nc4ccc(Cl)c(OC(C(C)C)[C@@H]5CCCN5)c4)nc3c2)ccn1. The number of aromatic nitrogens is 2. The summed E-state index contributed by atoms with van der Waals surface area (Å²) >= 11 is 6.49. The van der Waals surface area contributed by atoms with E-state index >= 15 is 0 Å². The number of nitrogens with zero attached hydrogens (tertiary/aromatic N) is 2. The molecule has 10 heteroatoms. The van der Waals surface area contributed by atoms with Crippen LogP contribution in [0.4, 0.5) is 11.7 Å². The van der Waals surface area contributed by atoms with Gasteiger partial charge in [-0.25, -0.2) is 0 Å². The summed E-state index contributed by atoms with van der Waals surface area (Å²) in [5.74, 6) is 1.69. The lowest BCUT2D eigenvalue weighted by Gasteiger charge is -2.29. The van der Waals surface area contributed by atoms with E-state index in [0.717, 1.165) is 25.1 Å². The number of ether oxygens (including phenoxy) is 2. The van der Waals surface area contributed by atoms with Crippen LogP contribution in [-0.4, -0.2) is 41.6 Å². The van der Waals surface area contributed by atoms with Crippen molar-refractivity contribution in [1.82, 2.24) is 20.6 Å². The van der Waals surface area contributed by atoms with Crippen LogP contribution in [0.25, 0.3) is 11.1 Å². The van der Waals surface area contributed by atoms with Gasteiger partial charge in [-0.1, -0.05) is 25.4 Å². The predicted molar refractivity (Wildman–Crippen MR) is 147 cm³/mol. The lowest BCUT2D eigenvalue weighted by Crippen LogP contribution is -2.42. The van der Waals surface area contributed by atoms with Crippen molar-refractivity contribution < 1.29 is 18.7 Å². The van der Waals surface area contributed by atoms with Crippen molar-refractivity contribution in [1.29, 1.82) is 0 Å². The zero-order valence-corrected chi connectivity index (χ0v) is 22.2. The molecule has 2 aromatic heterocycles. The topological polar surface area (TPSA) is 111 Å². The molecule has 2 atom stereocenters. The van der Waals surface area contributed by atoms with E-state index in [0.29, 0.717) is 51.3 Å². The Morgan fingerprint density at radius 2 is 2.00 bits per heavy atom. The van der Waals surface area contributed by atoms with Crippen LogP contribution >= 0.6 is 11.6 Å². The standard InChI is InChI=1S/C28H30ClN5O4/c1-16(2)26(21-5-4-11-31-21)37-25-13-17(6-8-20(25)29)33-28-34-22-14-18(7-9-24(22)38-28)36-19-10-12-32-23(15-19)27(35)30-3/h6-10,12-16,21,26,31H,4-5,11H2,1-3H3,(H,30,35)(H,33,34)/t21-,26?/m0/s1. The molecular weight excluding hydrogens is 506 g/mol. The summed E-state index contributed by atoms with van der Waals surface area (Å²) in [5, 5.41) is 9.84. The molecule has 9 nitrogen and oxygen atoms in total. The van der Waals surface area contributed by atoms with Gasteiger partial charge in [0.1, 0.15) is 34.6 Å². The molecule has 38 heavy (non-hydrogen) atoms. The van der Waals surface area contributed by atoms with Gasteiger partial charge in [0.15, 0.2) is 5.58 Å². The highest BCUT2D eigenvalue weighted by Crippen LogP contribution is 2.34. The second-order valence-electron chi connectivity index (χ2n) is 9.51. The van der Waals surface area contributed by atoms with Crippen LogP contribution in [0.2, 0.25) is 5.02 Å². The Hall–Kier alpha value is -3.82. The molecular formula is C28H30ClN5O4. The van der Waals surface area contributed by atoms with E-state index < -0.39 is 0 Å². The van der Waals surface area contributed by atoms with E-state index in [1.165, 1.54) is 6.20 Å². The second-order valence-corrected chi connectivity index (χ2v) is 9.91. The Morgan fingerprint density at radius 3 is 2.76 bits per heavy atom. The molecule has 5 rings (SSSR count). The summed E-state index contributed by atoms with van der Waals surface area (Å²) in [6.07, 6.45) is 3.77. The van der Waals surface area contributed by atoms with Crippen LogP contribution in [-0.2, 0) is 0 Å². The van der Waals surface area contributed by atoms with E-state index in [2.05, 4.69) is 39.8 Å². The third-order valence-corrected chi connectivity index (χ3v) is 6.70. The molecule has 1 aliphatic heterocycles. The maximum Gasteiger partial charge on any atom is 0.300 e. The number of benzene rings is 2. The average molecular weight is 536 g/mol. The highest BCUT2D eigenvalue weighted by atomic mass is 35.5. The smallest absolute Gasteiger partial charge is 0.300 e. The van der Waals surface area contributed by atoms with Crippen LogP contribution in [0, 0.1) is 5.92 Å². The first-order chi connectivity index (χ1) is 18.4. The number of oxazole rings is 1. The number of amides is 1. The highest BCUT2D eigenvalue weighted by Gasteiger charge is 2.29. The number of nitrogens with one attached hydrogen (secondary N) is 3. The molecule has 0 saturated carbocycles. The summed E-state index contributed by atoms with van der Waals surface area (Å²) in [6, 6.07) is 14.7. The summed E-state index contributed by atoms with van der Waals surface area (Å²) in [7, 11) is 1.55. The van der Waals surface area contributed by atoms with Gasteiger partial charge in [0, 0.05) is 43.2 Å². The summed E-state index contributed by atoms with van der Waals surface area (Å²) in [6.45, 7) is 5.33. The number of hydrogen-bond donors (Lipinski definition) is 3. The van der Waals surface area contributed by atoms with Gasteiger partial charge in [-0.3, -0.25) is 9.78 Å². The van der Waals surface area contributed by atoms with Gasteiger partial charge >= 0.3 is 0 Å². The zero-order valence-electron chi connectivity index (χ0n) is 21.5. The zero-order chi connectivity index (χ0) is 26.6. The number of halogens is 1. The van der Waals surface area contributed by atoms with Crippen molar-refractivity contribution >= 4 is 40.3 Å². The number of carbonyl (C=O) groups excluding carboxylic acids is 1. The number of fused-ring (bicyclic) bond motifs is 1. The number of rotatable bonds is 9. The fraction of sp³-hybridized carbons (Fsp3) is 0.321. The van der Waals surface area contributed by atoms with E-state index in [9.17, 15) is 4.79 Å². The van der Waals surface area contributed by atoms with Gasteiger partial charge in [-0.2, -0.15) is 4.98 Å². The monoisotopic (exact) mass is 535 g/mol. The van der Waals surface area contributed by atoms with E-state index in [1.807, 2.05) is 12.1 Å². The maximum absolute atomic E-state index is 11.9. The van der Waals surface area contributed by atoms with Crippen LogP contribution in [0.1, 0.15) is 37.2 Å². The van der Waals surface area contributed by atoms with Gasteiger partial charge in [0.25, 0.3) is 11.9 Å². The predicted octanol–water partition coefficient (Wildman–Crippen LogP) is 5.93. The number of anilines is 2. The average Bonchev–Trinajstić information content (AvgIpc) is 3.58. The Balaban J connectivity index is 1.31. The van der Waals surface area contributed by atoms with Crippen molar-refractivity contribution in [2.45, 2.75) is 38.8 Å². The van der Waals surface area contributed by atoms with Crippen LogP contribution < -0.4 is 25.4 Å². The van der Waals surface area contributed by atoms with Gasteiger partial charge in [-0.15, -0.1) is 0 Å². The first kappa shape index (κ1) is 25.8. The molecule has 1 amide bonds. The van der Waals surface area contributed by atoms with Gasteiger partial charge in [-0.05, 0) is 55.6 Å². The molecule has 3 heterocycles. The molecule has 1 unspecified atom stereocenters. The molecule has 1 saturated heterocycles. The molecule has 0 bridgehead atoms. The molecule has 1 fully saturated rings. The van der Waals surface area contributed by atoms with Crippen LogP contribution in [0.3, 0.4) is 0 Å². The molecule has 0 spiro atoms. The van der Waals surface area contributed by atoms with Crippen LogP contribution in [0.15, 0.2) is 59.1 Å². The molecule has 1 aliphatic rings. The molecule has 3 N–H and O–H groups in total. The Labute approximate surface area is 225 Å². The third kappa shape index (κ3) is 5.84. The first-order valence-corrected chi connectivity index (χ1v) is 13.0. The number of carbonyl (C=O) groups is 1. The fourth-order valence-electron chi connectivity index (χ4n) is 4.50. The summed E-state index contributed by atoms with van der Waals surface area (Å²) < 4.78 is 18.2. The number of hydrogen-bond acceptors (Lipinski definition) is 8. The Morgan fingerprint density at radius 1 is 1.16 bits per heavy atom. The maximum atomic E-state index is 11.9. The first-order valence-electron chi connectivity index (χ1n) is 12.6. The molecule has 4 aromatic rings. The highest BCUT2D eigenvalue weighted by molar-refractivity contribution is 6.32. The van der Waals surface area contributed by atoms with Gasteiger partial charge < -0.3 is 29.8 Å². The van der Waals surface area contributed by atoms with E-state index in [1.54, 1.807) is 43.4 Å². The van der Waals surface area contributed by atoms with Gasteiger partial charge in [0.05, 0.1) is 5.02 Å². The van der Waals surface area contributed by atoms with Gasteiger partial charge in [0.2, 0.25) is 0 Å². The number of pyridine rings is 1. The normalized spacial score (nSPS) is 16.0. The summed E-state index contributed by atoms with van der Waals surface area (Å²) in [4.78, 5) is 20.5. The van der Waals surface area contributed by atoms with E-state index in [-0.39, 0.29) is 17.7 Å². The minimum atomic E-state index is -0.288. The molecule has 198 valence electrons. The fourth-order valence-corrected chi connectivity index (χ4v) is 4.67. The van der Waals surface area contributed by atoms with Crippen molar-refractivity contribution in [3.05, 3.63) is 65.4 Å². The van der Waals surface area contributed by atoms with Crippen LogP contribution in [0.5, 0.6) is 17.2 Å². The van der Waals surface area contributed by atoms with Crippen molar-refractivity contribution in [2.24, 2.45) is 5.92 Å².